The van der Waals surface area contributed by atoms with Gasteiger partial charge in [-0.15, -0.1) is 0 Å². The first kappa shape index (κ1) is 25.4. The van der Waals surface area contributed by atoms with Gasteiger partial charge in [0.2, 0.25) is 5.75 Å². The van der Waals surface area contributed by atoms with Gasteiger partial charge >= 0.3 is 11.9 Å². The number of methoxy groups -OCH3 is 1. The standard InChI is InChI=1S/C21H32N2O7/c1-8-11-28-18(12(2)3)14(5)29-21(26)13(4)23-20(25)17-19(30-15(6)24)16(27-7)9-10-22-17/h9-10,12-14,18H,8,11H2,1-7H3,(H,23,25)/t13-,14-,18-/m0/s1. The lowest BCUT2D eigenvalue weighted by Gasteiger charge is -2.28. The van der Waals surface area contributed by atoms with Crippen LogP contribution in [0.3, 0.4) is 0 Å². The summed E-state index contributed by atoms with van der Waals surface area (Å²) in [5, 5.41) is 2.51. The SMILES string of the molecule is CCCO[C@@H](C(C)C)[C@H](C)OC(=O)[C@H](C)NC(=O)c1nccc(OC)c1OC(C)=O. The van der Waals surface area contributed by atoms with Gasteiger partial charge in [-0.2, -0.15) is 0 Å². The van der Waals surface area contributed by atoms with Crippen LogP contribution in [-0.4, -0.2) is 54.8 Å². The molecule has 0 aliphatic heterocycles. The Morgan fingerprint density at radius 2 is 1.83 bits per heavy atom. The van der Waals surface area contributed by atoms with Gasteiger partial charge < -0.3 is 24.3 Å². The summed E-state index contributed by atoms with van der Waals surface area (Å²) in [5.74, 6) is -1.75. The number of nitrogens with one attached hydrogen (secondary N) is 1. The van der Waals surface area contributed by atoms with E-state index in [1.807, 2.05) is 20.8 Å². The van der Waals surface area contributed by atoms with E-state index in [1.165, 1.54) is 33.2 Å². The zero-order valence-electron chi connectivity index (χ0n) is 18.7. The van der Waals surface area contributed by atoms with Crippen LogP contribution in [0.15, 0.2) is 12.3 Å². The number of pyridine rings is 1. The first-order valence-electron chi connectivity index (χ1n) is 9.96. The maximum Gasteiger partial charge on any atom is 0.328 e. The molecule has 1 aromatic rings. The molecule has 0 radical (unpaired) electrons. The number of esters is 2. The molecule has 9 heteroatoms. The average molecular weight is 424 g/mol. The molecule has 0 aliphatic carbocycles. The van der Waals surface area contributed by atoms with E-state index in [0.717, 1.165) is 6.42 Å². The van der Waals surface area contributed by atoms with Gasteiger partial charge in [0.05, 0.1) is 13.2 Å². The van der Waals surface area contributed by atoms with Crippen LogP contribution in [-0.2, 0) is 19.1 Å². The Morgan fingerprint density at radius 3 is 2.37 bits per heavy atom. The van der Waals surface area contributed by atoms with Crippen molar-refractivity contribution in [1.82, 2.24) is 10.3 Å². The lowest BCUT2D eigenvalue weighted by atomic mass is 10.0. The predicted octanol–water partition coefficient (Wildman–Crippen LogP) is 2.52. The van der Waals surface area contributed by atoms with Crippen molar-refractivity contribution >= 4 is 17.8 Å². The molecule has 3 atom stereocenters. The molecule has 1 rings (SSSR count). The number of hydrogen-bond donors (Lipinski definition) is 1. The quantitative estimate of drug-likeness (QED) is 0.539. The number of ether oxygens (including phenoxy) is 4. The maximum absolute atomic E-state index is 12.6. The predicted molar refractivity (Wildman–Crippen MR) is 109 cm³/mol. The number of carbonyl (C=O) groups is 3. The molecular weight excluding hydrogens is 392 g/mol. The summed E-state index contributed by atoms with van der Waals surface area (Å²) < 4.78 is 21.5. The third-order valence-corrected chi connectivity index (χ3v) is 4.19. The van der Waals surface area contributed by atoms with Crippen molar-refractivity contribution in [3.63, 3.8) is 0 Å². The van der Waals surface area contributed by atoms with Crippen LogP contribution in [0.5, 0.6) is 11.5 Å². The molecule has 0 saturated carbocycles. The maximum atomic E-state index is 12.6. The normalized spacial score (nSPS) is 13.9. The van der Waals surface area contributed by atoms with Crippen LogP contribution in [0.1, 0.15) is 58.5 Å². The second kappa shape index (κ2) is 12.1. The van der Waals surface area contributed by atoms with E-state index in [-0.39, 0.29) is 29.2 Å². The number of aromatic nitrogens is 1. The largest absolute Gasteiger partial charge is 0.493 e. The first-order valence-corrected chi connectivity index (χ1v) is 9.96. The fraction of sp³-hybridized carbons (Fsp3) is 0.619. The molecule has 168 valence electrons. The highest BCUT2D eigenvalue weighted by Gasteiger charge is 2.29. The van der Waals surface area contributed by atoms with Gasteiger partial charge in [0.15, 0.2) is 11.4 Å². The van der Waals surface area contributed by atoms with E-state index in [9.17, 15) is 14.4 Å². The highest BCUT2D eigenvalue weighted by Crippen LogP contribution is 2.29. The summed E-state index contributed by atoms with van der Waals surface area (Å²) in [4.78, 5) is 40.5. The van der Waals surface area contributed by atoms with E-state index in [4.69, 9.17) is 18.9 Å². The smallest absolute Gasteiger partial charge is 0.328 e. The second-order valence-corrected chi connectivity index (χ2v) is 7.20. The summed E-state index contributed by atoms with van der Waals surface area (Å²) in [6.07, 6.45) is 1.45. The van der Waals surface area contributed by atoms with Gasteiger partial charge in [-0.05, 0) is 26.2 Å². The highest BCUT2D eigenvalue weighted by molar-refractivity contribution is 5.98. The monoisotopic (exact) mass is 424 g/mol. The molecule has 1 N–H and O–H groups in total. The minimum Gasteiger partial charge on any atom is -0.493 e. The van der Waals surface area contributed by atoms with Crippen LogP contribution in [0.25, 0.3) is 0 Å². The van der Waals surface area contributed by atoms with E-state index in [2.05, 4.69) is 10.3 Å². The van der Waals surface area contributed by atoms with Crippen molar-refractivity contribution in [2.24, 2.45) is 5.92 Å². The van der Waals surface area contributed by atoms with Crippen molar-refractivity contribution in [2.45, 2.75) is 66.2 Å². The van der Waals surface area contributed by atoms with Crippen molar-refractivity contribution in [3.8, 4) is 11.5 Å². The molecule has 0 unspecified atom stereocenters. The molecule has 0 bridgehead atoms. The van der Waals surface area contributed by atoms with Gasteiger partial charge in [-0.3, -0.25) is 9.59 Å². The minimum atomic E-state index is -0.961. The molecule has 30 heavy (non-hydrogen) atoms. The van der Waals surface area contributed by atoms with Crippen molar-refractivity contribution in [3.05, 3.63) is 18.0 Å². The van der Waals surface area contributed by atoms with Crippen LogP contribution in [0.4, 0.5) is 0 Å². The molecular formula is C21H32N2O7. The molecule has 0 aliphatic rings. The zero-order chi connectivity index (χ0) is 22.8. The van der Waals surface area contributed by atoms with E-state index in [0.29, 0.717) is 6.61 Å². The third-order valence-electron chi connectivity index (χ3n) is 4.19. The van der Waals surface area contributed by atoms with Crippen LogP contribution in [0.2, 0.25) is 0 Å². The van der Waals surface area contributed by atoms with Crippen LogP contribution in [0, 0.1) is 5.92 Å². The van der Waals surface area contributed by atoms with Crippen molar-refractivity contribution in [2.75, 3.05) is 13.7 Å². The highest BCUT2D eigenvalue weighted by atomic mass is 16.6. The Labute approximate surface area is 177 Å². The summed E-state index contributed by atoms with van der Waals surface area (Å²) in [6, 6.07) is 0.494. The Kier molecular flexibility index (Phi) is 10.2. The zero-order valence-corrected chi connectivity index (χ0v) is 18.7. The van der Waals surface area contributed by atoms with Gasteiger partial charge in [-0.25, -0.2) is 9.78 Å². The molecule has 1 heterocycles. The fourth-order valence-electron chi connectivity index (χ4n) is 2.80. The fourth-order valence-corrected chi connectivity index (χ4v) is 2.80. The molecule has 1 aromatic heterocycles. The van der Waals surface area contributed by atoms with Gasteiger partial charge in [0.25, 0.3) is 5.91 Å². The molecule has 0 saturated heterocycles. The molecule has 1 amide bonds. The molecule has 0 fully saturated rings. The summed E-state index contributed by atoms with van der Waals surface area (Å²) >= 11 is 0. The Bertz CT molecular complexity index is 736. The van der Waals surface area contributed by atoms with Crippen LogP contribution < -0.4 is 14.8 Å². The topological polar surface area (TPSA) is 113 Å². The average Bonchev–Trinajstić information content (AvgIpc) is 2.67. The summed E-state index contributed by atoms with van der Waals surface area (Å²) in [7, 11) is 1.37. The van der Waals surface area contributed by atoms with E-state index >= 15 is 0 Å². The number of carbonyl (C=O) groups excluding carboxylic acids is 3. The van der Waals surface area contributed by atoms with Crippen molar-refractivity contribution in [1.29, 1.82) is 0 Å². The van der Waals surface area contributed by atoms with Gasteiger partial charge in [-0.1, -0.05) is 20.8 Å². The first-order chi connectivity index (χ1) is 14.1. The Hall–Kier alpha value is -2.68. The number of rotatable bonds is 11. The van der Waals surface area contributed by atoms with E-state index < -0.39 is 30.0 Å². The van der Waals surface area contributed by atoms with Crippen molar-refractivity contribution < 1.29 is 33.3 Å². The summed E-state index contributed by atoms with van der Waals surface area (Å²) in [6.45, 7) is 11.0. The molecule has 9 nitrogen and oxygen atoms in total. The number of hydrogen-bond acceptors (Lipinski definition) is 8. The van der Waals surface area contributed by atoms with Gasteiger partial charge in [0, 0.05) is 25.8 Å². The summed E-state index contributed by atoms with van der Waals surface area (Å²) in [5.41, 5.74) is -0.177. The number of nitrogens with zero attached hydrogens (tertiary/aromatic N) is 1. The third kappa shape index (κ3) is 7.29. The molecule has 0 spiro atoms. The lowest BCUT2D eigenvalue weighted by Crippen LogP contribution is -2.44. The van der Waals surface area contributed by atoms with Gasteiger partial charge in [0.1, 0.15) is 12.1 Å². The van der Waals surface area contributed by atoms with Crippen LogP contribution >= 0.6 is 0 Å². The van der Waals surface area contributed by atoms with E-state index in [1.54, 1.807) is 6.92 Å². The molecule has 0 aromatic carbocycles. The Morgan fingerprint density at radius 1 is 1.17 bits per heavy atom. The lowest BCUT2D eigenvalue weighted by molar-refractivity contribution is -0.160. The second-order valence-electron chi connectivity index (χ2n) is 7.20. The minimum absolute atomic E-state index is 0.119. The number of amides is 1. The Balaban J connectivity index is 2.87.